The zero-order valence-electron chi connectivity index (χ0n) is 11.8. The van der Waals surface area contributed by atoms with Crippen LogP contribution in [0.3, 0.4) is 0 Å². The number of likely N-dealkylation sites (N-methyl/N-ethyl adjacent to an activating group) is 1. The number of esters is 1. The maximum Gasteiger partial charge on any atom is 0.338 e. The second-order valence-electron chi connectivity index (χ2n) is 5.14. The number of carbonyl (C=O) groups is 1. The minimum Gasteiger partial charge on any atom is -0.462 e. The summed E-state index contributed by atoms with van der Waals surface area (Å²) >= 11 is 0. The van der Waals surface area contributed by atoms with Crippen LogP contribution >= 0.6 is 0 Å². The first-order chi connectivity index (χ1) is 9.65. The van der Waals surface area contributed by atoms with Gasteiger partial charge in [-0.3, -0.25) is 0 Å². The van der Waals surface area contributed by atoms with Crippen LogP contribution in [0.15, 0.2) is 24.3 Å². The van der Waals surface area contributed by atoms with Crippen molar-refractivity contribution in [2.75, 3.05) is 46.4 Å². The summed E-state index contributed by atoms with van der Waals surface area (Å²) in [6.07, 6.45) is 0.830. The summed E-state index contributed by atoms with van der Waals surface area (Å²) in [5.74, 6) is -0.736. The molecule has 4 nitrogen and oxygen atoms in total. The topological polar surface area (TPSA) is 32.8 Å². The second-order valence-corrected chi connectivity index (χ2v) is 5.14. The molecule has 0 spiro atoms. The highest BCUT2D eigenvalue weighted by Crippen LogP contribution is 2.05. The van der Waals surface area contributed by atoms with E-state index in [-0.39, 0.29) is 11.8 Å². The van der Waals surface area contributed by atoms with E-state index in [4.69, 9.17) is 4.74 Å². The van der Waals surface area contributed by atoms with E-state index in [1.807, 2.05) is 0 Å². The Kier molecular flexibility index (Phi) is 5.49. The van der Waals surface area contributed by atoms with Crippen LogP contribution in [0, 0.1) is 5.82 Å². The van der Waals surface area contributed by atoms with E-state index in [1.165, 1.54) is 24.3 Å². The van der Waals surface area contributed by atoms with Crippen molar-refractivity contribution in [2.24, 2.45) is 0 Å². The molecule has 1 aliphatic rings. The van der Waals surface area contributed by atoms with E-state index in [9.17, 15) is 9.18 Å². The van der Waals surface area contributed by atoms with E-state index in [0.29, 0.717) is 12.2 Å². The first-order valence-electron chi connectivity index (χ1n) is 6.99. The smallest absolute Gasteiger partial charge is 0.338 e. The Balaban J connectivity index is 1.63. The predicted octanol–water partition coefficient (Wildman–Crippen LogP) is 1.62. The molecular formula is C15H21FN2O2. The first kappa shape index (κ1) is 14.9. The highest BCUT2D eigenvalue weighted by molar-refractivity contribution is 5.89. The number of hydrogen-bond acceptors (Lipinski definition) is 4. The van der Waals surface area contributed by atoms with Crippen molar-refractivity contribution in [1.82, 2.24) is 9.80 Å². The summed E-state index contributed by atoms with van der Waals surface area (Å²) in [5.41, 5.74) is 0.394. The average Bonchev–Trinajstić information content (AvgIpc) is 2.46. The van der Waals surface area contributed by atoms with Gasteiger partial charge in [-0.25, -0.2) is 9.18 Å². The third-order valence-electron chi connectivity index (χ3n) is 3.53. The molecule has 0 bridgehead atoms. The Labute approximate surface area is 119 Å². The van der Waals surface area contributed by atoms with E-state index in [0.717, 1.165) is 39.1 Å². The standard InChI is InChI=1S/C15H21FN2O2/c1-17-8-10-18(11-9-17)7-2-12-20-15(19)13-3-5-14(16)6-4-13/h3-6H,2,7-12H2,1H3. The third kappa shape index (κ3) is 4.58. The number of piperazine rings is 1. The molecule has 0 unspecified atom stereocenters. The average molecular weight is 280 g/mol. The number of carbonyl (C=O) groups excluding carboxylic acids is 1. The van der Waals surface area contributed by atoms with Gasteiger partial charge in [0.25, 0.3) is 0 Å². The van der Waals surface area contributed by atoms with Crippen molar-refractivity contribution >= 4 is 5.97 Å². The Morgan fingerprint density at radius 3 is 2.50 bits per heavy atom. The molecule has 1 aromatic carbocycles. The fraction of sp³-hybridized carbons (Fsp3) is 0.533. The van der Waals surface area contributed by atoms with Crippen LogP contribution in [0.5, 0.6) is 0 Å². The van der Waals surface area contributed by atoms with Gasteiger partial charge in [0.15, 0.2) is 0 Å². The molecule has 5 heteroatoms. The molecule has 2 rings (SSSR count). The summed E-state index contributed by atoms with van der Waals surface area (Å²) in [7, 11) is 2.13. The monoisotopic (exact) mass is 280 g/mol. The molecule has 1 aliphatic heterocycles. The van der Waals surface area contributed by atoms with Crippen LogP contribution in [0.2, 0.25) is 0 Å². The van der Waals surface area contributed by atoms with Crippen LogP contribution < -0.4 is 0 Å². The third-order valence-corrected chi connectivity index (χ3v) is 3.53. The number of rotatable bonds is 5. The lowest BCUT2D eigenvalue weighted by Gasteiger charge is -2.32. The van der Waals surface area contributed by atoms with Gasteiger partial charge in [0, 0.05) is 32.7 Å². The van der Waals surface area contributed by atoms with E-state index < -0.39 is 0 Å². The molecule has 0 amide bonds. The minimum absolute atomic E-state index is 0.350. The maximum atomic E-state index is 12.7. The van der Waals surface area contributed by atoms with Crippen molar-refractivity contribution in [3.63, 3.8) is 0 Å². The Morgan fingerprint density at radius 2 is 1.85 bits per heavy atom. The predicted molar refractivity (Wildman–Crippen MR) is 75.2 cm³/mol. The fourth-order valence-corrected chi connectivity index (χ4v) is 2.19. The molecule has 1 aromatic rings. The highest BCUT2D eigenvalue weighted by Gasteiger charge is 2.13. The Hall–Kier alpha value is -1.46. The minimum atomic E-state index is -0.386. The van der Waals surface area contributed by atoms with Gasteiger partial charge in [-0.1, -0.05) is 0 Å². The van der Waals surface area contributed by atoms with Gasteiger partial charge in [0.2, 0.25) is 0 Å². The lowest BCUT2D eigenvalue weighted by atomic mass is 10.2. The zero-order chi connectivity index (χ0) is 14.4. The van der Waals surface area contributed by atoms with Crippen molar-refractivity contribution in [2.45, 2.75) is 6.42 Å². The zero-order valence-corrected chi connectivity index (χ0v) is 11.8. The Bertz CT molecular complexity index is 428. The molecule has 0 atom stereocenters. The van der Waals surface area contributed by atoms with E-state index >= 15 is 0 Å². The van der Waals surface area contributed by atoms with E-state index in [1.54, 1.807) is 0 Å². The highest BCUT2D eigenvalue weighted by atomic mass is 19.1. The molecule has 0 radical (unpaired) electrons. The lowest BCUT2D eigenvalue weighted by molar-refractivity contribution is 0.0479. The van der Waals surface area contributed by atoms with Gasteiger partial charge in [-0.2, -0.15) is 0 Å². The molecule has 20 heavy (non-hydrogen) atoms. The molecule has 0 saturated carbocycles. The summed E-state index contributed by atoms with van der Waals surface area (Å²) in [4.78, 5) is 16.4. The second kappa shape index (κ2) is 7.36. The van der Waals surface area contributed by atoms with Crippen LogP contribution in [-0.4, -0.2) is 62.1 Å². The summed E-state index contributed by atoms with van der Waals surface area (Å²) < 4.78 is 17.9. The Morgan fingerprint density at radius 1 is 1.20 bits per heavy atom. The van der Waals surface area contributed by atoms with E-state index in [2.05, 4.69) is 16.8 Å². The fourth-order valence-electron chi connectivity index (χ4n) is 2.19. The van der Waals surface area contributed by atoms with Gasteiger partial charge in [-0.05, 0) is 37.7 Å². The van der Waals surface area contributed by atoms with Crippen LogP contribution in [0.1, 0.15) is 16.8 Å². The van der Waals surface area contributed by atoms with Gasteiger partial charge < -0.3 is 14.5 Å². The normalized spacial score (nSPS) is 17.1. The molecule has 1 saturated heterocycles. The molecular weight excluding hydrogens is 259 g/mol. The van der Waals surface area contributed by atoms with Crippen molar-refractivity contribution in [1.29, 1.82) is 0 Å². The van der Waals surface area contributed by atoms with Crippen molar-refractivity contribution in [3.05, 3.63) is 35.6 Å². The quantitative estimate of drug-likeness (QED) is 0.606. The van der Waals surface area contributed by atoms with Crippen molar-refractivity contribution < 1.29 is 13.9 Å². The largest absolute Gasteiger partial charge is 0.462 e. The van der Waals surface area contributed by atoms with Crippen molar-refractivity contribution in [3.8, 4) is 0 Å². The first-order valence-corrected chi connectivity index (χ1v) is 6.99. The molecule has 0 aromatic heterocycles. The van der Waals surface area contributed by atoms with Crippen LogP contribution in [0.4, 0.5) is 4.39 Å². The van der Waals surface area contributed by atoms with Crippen LogP contribution in [-0.2, 0) is 4.74 Å². The number of ether oxygens (including phenoxy) is 1. The molecule has 110 valence electrons. The maximum absolute atomic E-state index is 12.7. The van der Waals surface area contributed by atoms with Gasteiger partial charge in [0.05, 0.1) is 12.2 Å². The van der Waals surface area contributed by atoms with Gasteiger partial charge in [0.1, 0.15) is 5.82 Å². The molecule has 1 heterocycles. The van der Waals surface area contributed by atoms with Gasteiger partial charge in [-0.15, -0.1) is 0 Å². The number of hydrogen-bond donors (Lipinski definition) is 0. The lowest BCUT2D eigenvalue weighted by Crippen LogP contribution is -2.44. The number of benzene rings is 1. The molecule has 0 N–H and O–H groups in total. The summed E-state index contributed by atoms with van der Waals surface area (Å²) in [6, 6.07) is 5.41. The molecule has 1 fully saturated rings. The molecule has 0 aliphatic carbocycles. The number of halogens is 1. The summed E-state index contributed by atoms with van der Waals surface area (Å²) in [6.45, 7) is 5.68. The SMILES string of the molecule is CN1CCN(CCCOC(=O)c2ccc(F)cc2)CC1. The van der Waals surface area contributed by atoms with Gasteiger partial charge >= 0.3 is 5.97 Å². The summed E-state index contributed by atoms with van der Waals surface area (Å²) in [5, 5.41) is 0. The van der Waals surface area contributed by atoms with Crippen LogP contribution in [0.25, 0.3) is 0 Å². The number of nitrogens with zero attached hydrogens (tertiary/aromatic N) is 2.